The molecule has 3 heteroatoms. The molecule has 1 atom stereocenters. The summed E-state index contributed by atoms with van der Waals surface area (Å²) in [7, 11) is 1.66. The molecule has 0 aliphatic rings. The lowest BCUT2D eigenvalue weighted by atomic mass is 9.99. The molecule has 0 radical (unpaired) electrons. The van der Waals surface area contributed by atoms with Crippen LogP contribution in [-0.4, -0.2) is 19.0 Å². The number of benzene rings is 1. The van der Waals surface area contributed by atoms with Crippen LogP contribution in [0.4, 0.5) is 0 Å². The second-order valence-corrected chi connectivity index (χ2v) is 4.80. The Kier molecular flexibility index (Phi) is 5.67. The Labute approximate surface area is 106 Å². The largest absolute Gasteiger partial charge is 0.497 e. The van der Waals surface area contributed by atoms with Crippen molar-refractivity contribution < 1.29 is 9.47 Å². The van der Waals surface area contributed by atoms with Gasteiger partial charge in [-0.25, -0.2) is 0 Å². The van der Waals surface area contributed by atoms with Gasteiger partial charge in [-0.3, -0.25) is 0 Å². The summed E-state index contributed by atoms with van der Waals surface area (Å²) in [4.78, 5) is 0. The van der Waals surface area contributed by atoms with Gasteiger partial charge in [0.2, 0.25) is 0 Å². The summed E-state index contributed by atoms with van der Waals surface area (Å²) in [6.07, 6.45) is 0. The van der Waals surface area contributed by atoms with Crippen molar-refractivity contribution in [3.05, 3.63) is 24.3 Å². The summed E-state index contributed by atoms with van der Waals surface area (Å²) in [6, 6.07) is 7.71. The lowest BCUT2D eigenvalue weighted by molar-refractivity contribution is 0.227. The molecular formula is C13H19BrO2. The zero-order valence-electron chi connectivity index (χ0n) is 10.1. The molecular weight excluding hydrogens is 268 g/mol. The van der Waals surface area contributed by atoms with Gasteiger partial charge in [0.25, 0.3) is 0 Å². The van der Waals surface area contributed by atoms with E-state index in [-0.39, 0.29) is 0 Å². The van der Waals surface area contributed by atoms with Crippen LogP contribution in [0.2, 0.25) is 0 Å². The first-order valence-electron chi connectivity index (χ1n) is 5.50. The fourth-order valence-corrected chi connectivity index (χ4v) is 2.24. The Morgan fingerprint density at radius 3 is 2.50 bits per heavy atom. The Hall–Kier alpha value is -0.700. The quantitative estimate of drug-likeness (QED) is 0.742. The second-order valence-electron chi connectivity index (χ2n) is 4.15. The number of methoxy groups -OCH3 is 1. The van der Waals surface area contributed by atoms with Gasteiger partial charge in [-0.2, -0.15) is 0 Å². The van der Waals surface area contributed by atoms with Crippen molar-refractivity contribution in [2.75, 3.05) is 19.0 Å². The first kappa shape index (κ1) is 13.4. The SMILES string of the molecule is COc1cccc(OCC(CBr)C(C)C)c1. The van der Waals surface area contributed by atoms with E-state index < -0.39 is 0 Å². The van der Waals surface area contributed by atoms with Crippen molar-refractivity contribution in [1.29, 1.82) is 0 Å². The van der Waals surface area contributed by atoms with E-state index in [1.165, 1.54) is 0 Å². The molecule has 0 aliphatic heterocycles. The summed E-state index contributed by atoms with van der Waals surface area (Å²) < 4.78 is 10.9. The average molecular weight is 287 g/mol. The van der Waals surface area contributed by atoms with E-state index in [1.54, 1.807) is 7.11 Å². The van der Waals surface area contributed by atoms with Crippen molar-refractivity contribution >= 4 is 15.9 Å². The summed E-state index contributed by atoms with van der Waals surface area (Å²) >= 11 is 3.51. The molecule has 1 unspecified atom stereocenters. The van der Waals surface area contributed by atoms with Gasteiger partial charge in [-0.05, 0) is 18.1 Å². The zero-order valence-corrected chi connectivity index (χ0v) is 11.7. The van der Waals surface area contributed by atoms with Gasteiger partial charge in [-0.15, -0.1) is 0 Å². The maximum absolute atomic E-state index is 5.75. The summed E-state index contributed by atoms with van der Waals surface area (Å²) in [6.45, 7) is 5.15. The van der Waals surface area contributed by atoms with Crippen LogP contribution in [-0.2, 0) is 0 Å². The highest BCUT2D eigenvalue weighted by atomic mass is 79.9. The molecule has 1 rings (SSSR count). The Morgan fingerprint density at radius 1 is 1.25 bits per heavy atom. The number of alkyl halides is 1. The molecule has 0 bridgehead atoms. The Morgan fingerprint density at radius 2 is 1.94 bits per heavy atom. The van der Waals surface area contributed by atoms with Crippen LogP contribution in [0.1, 0.15) is 13.8 Å². The second kappa shape index (κ2) is 6.79. The monoisotopic (exact) mass is 286 g/mol. The smallest absolute Gasteiger partial charge is 0.122 e. The third kappa shape index (κ3) is 4.05. The first-order valence-corrected chi connectivity index (χ1v) is 6.62. The molecule has 90 valence electrons. The maximum atomic E-state index is 5.75. The minimum atomic E-state index is 0.534. The Bertz CT molecular complexity index is 313. The van der Waals surface area contributed by atoms with E-state index in [1.807, 2.05) is 24.3 Å². The molecule has 0 N–H and O–H groups in total. The van der Waals surface area contributed by atoms with Gasteiger partial charge in [0.1, 0.15) is 11.5 Å². The normalized spacial score (nSPS) is 12.6. The summed E-state index contributed by atoms with van der Waals surface area (Å²) in [5.74, 6) is 2.85. The number of hydrogen-bond donors (Lipinski definition) is 0. The van der Waals surface area contributed by atoms with Crippen LogP contribution in [0, 0.1) is 11.8 Å². The minimum absolute atomic E-state index is 0.534. The van der Waals surface area contributed by atoms with Crippen molar-refractivity contribution in [1.82, 2.24) is 0 Å². The molecule has 1 aromatic rings. The standard InChI is InChI=1S/C13H19BrO2/c1-10(2)11(8-14)9-16-13-6-4-5-12(7-13)15-3/h4-7,10-11H,8-9H2,1-3H3. The molecule has 2 nitrogen and oxygen atoms in total. The molecule has 0 saturated carbocycles. The van der Waals surface area contributed by atoms with E-state index in [0.29, 0.717) is 11.8 Å². The highest BCUT2D eigenvalue weighted by molar-refractivity contribution is 9.09. The van der Waals surface area contributed by atoms with Crippen molar-refractivity contribution in [2.45, 2.75) is 13.8 Å². The van der Waals surface area contributed by atoms with E-state index in [4.69, 9.17) is 9.47 Å². The van der Waals surface area contributed by atoms with Gasteiger partial charge in [0.05, 0.1) is 13.7 Å². The van der Waals surface area contributed by atoms with E-state index >= 15 is 0 Å². The molecule has 0 spiro atoms. The van der Waals surface area contributed by atoms with Crippen LogP contribution in [0.25, 0.3) is 0 Å². The van der Waals surface area contributed by atoms with Crippen molar-refractivity contribution in [2.24, 2.45) is 11.8 Å². The number of rotatable bonds is 6. The van der Waals surface area contributed by atoms with E-state index in [2.05, 4.69) is 29.8 Å². The van der Waals surface area contributed by atoms with Gasteiger partial charge in [0.15, 0.2) is 0 Å². The van der Waals surface area contributed by atoms with Gasteiger partial charge >= 0.3 is 0 Å². The Balaban J connectivity index is 2.53. The van der Waals surface area contributed by atoms with E-state index in [0.717, 1.165) is 23.4 Å². The van der Waals surface area contributed by atoms with Crippen LogP contribution in [0.15, 0.2) is 24.3 Å². The van der Waals surface area contributed by atoms with Crippen LogP contribution in [0.3, 0.4) is 0 Å². The van der Waals surface area contributed by atoms with Crippen LogP contribution >= 0.6 is 15.9 Å². The third-order valence-electron chi connectivity index (χ3n) is 2.65. The molecule has 0 fully saturated rings. The predicted molar refractivity (Wildman–Crippen MR) is 70.6 cm³/mol. The zero-order chi connectivity index (χ0) is 12.0. The summed E-state index contributed by atoms with van der Waals surface area (Å²) in [5.41, 5.74) is 0. The topological polar surface area (TPSA) is 18.5 Å². The lowest BCUT2D eigenvalue weighted by Crippen LogP contribution is -2.19. The van der Waals surface area contributed by atoms with Crippen molar-refractivity contribution in [3.8, 4) is 11.5 Å². The highest BCUT2D eigenvalue weighted by Crippen LogP contribution is 2.21. The van der Waals surface area contributed by atoms with Gasteiger partial charge in [0, 0.05) is 17.3 Å². The third-order valence-corrected chi connectivity index (χ3v) is 3.48. The van der Waals surface area contributed by atoms with Gasteiger partial charge in [-0.1, -0.05) is 35.8 Å². The fraction of sp³-hybridized carbons (Fsp3) is 0.538. The maximum Gasteiger partial charge on any atom is 0.122 e. The molecule has 0 saturated heterocycles. The molecule has 16 heavy (non-hydrogen) atoms. The molecule has 0 aromatic heterocycles. The predicted octanol–water partition coefficient (Wildman–Crippen LogP) is 3.74. The molecule has 0 amide bonds. The molecule has 0 aliphatic carbocycles. The number of ether oxygens (including phenoxy) is 2. The molecule has 0 heterocycles. The fourth-order valence-electron chi connectivity index (χ4n) is 1.31. The van der Waals surface area contributed by atoms with E-state index in [9.17, 15) is 0 Å². The van der Waals surface area contributed by atoms with Crippen LogP contribution in [0.5, 0.6) is 11.5 Å². The lowest BCUT2D eigenvalue weighted by Gasteiger charge is -2.18. The molecule has 1 aromatic carbocycles. The van der Waals surface area contributed by atoms with Crippen LogP contribution < -0.4 is 9.47 Å². The highest BCUT2D eigenvalue weighted by Gasteiger charge is 2.12. The number of hydrogen-bond acceptors (Lipinski definition) is 2. The number of halogens is 1. The minimum Gasteiger partial charge on any atom is -0.497 e. The average Bonchev–Trinajstić information content (AvgIpc) is 2.29. The van der Waals surface area contributed by atoms with Crippen molar-refractivity contribution in [3.63, 3.8) is 0 Å². The first-order chi connectivity index (χ1) is 7.67. The van der Waals surface area contributed by atoms with Gasteiger partial charge < -0.3 is 9.47 Å². The summed E-state index contributed by atoms with van der Waals surface area (Å²) in [5, 5.41) is 0.967.